The van der Waals surface area contributed by atoms with Crippen molar-refractivity contribution in [3.63, 3.8) is 0 Å². The van der Waals surface area contributed by atoms with E-state index in [0.717, 1.165) is 22.0 Å². The van der Waals surface area contributed by atoms with E-state index in [2.05, 4.69) is 23.8 Å². The fourth-order valence-corrected chi connectivity index (χ4v) is 1.96. The summed E-state index contributed by atoms with van der Waals surface area (Å²) < 4.78 is 5.34. The molecule has 2 rings (SSSR count). The molecule has 0 atom stereocenters. The molecule has 0 aliphatic heterocycles. The van der Waals surface area contributed by atoms with Crippen LogP contribution >= 0.6 is 0 Å². The molecule has 0 spiro atoms. The van der Waals surface area contributed by atoms with Gasteiger partial charge in [-0.05, 0) is 23.9 Å². The fraction of sp³-hybridized carbons (Fsp3) is 0.167. The second-order valence-corrected chi connectivity index (χ2v) is 4.96. The Morgan fingerprint density at radius 3 is 2.64 bits per heavy atom. The number of rotatable bonds is 6. The highest BCUT2D eigenvalue weighted by Crippen LogP contribution is 2.22. The summed E-state index contributed by atoms with van der Waals surface area (Å²) in [7, 11) is 0. The Morgan fingerprint density at radius 1 is 1.14 bits per heavy atom. The zero-order valence-electron chi connectivity index (χ0n) is 12.7. The largest absolute Gasteiger partial charge is 0.492 e. The number of anilines is 1. The van der Waals surface area contributed by atoms with Crippen LogP contribution in [0.15, 0.2) is 67.0 Å². The van der Waals surface area contributed by atoms with Gasteiger partial charge in [0.05, 0.1) is 12.2 Å². The third kappa shape index (κ3) is 4.12. The smallest absolute Gasteiger partial charge is 0.319 e. The molecule has 4 heteroatoms. The number of fused-ring (bicyclic) bond motifs is 1. The number of amides is 2. The van der Waals surface area contributed by atoms with Crippen LogP contribution in [0, 0.1) is 0 Å². The minimum Gasteiger partial charge on any atom is -0.492 e. The van der Waals surface area contributed by atoms with Gasteiger partial charge in [-0.1, -0.05) is 49.6 Å². The van der Waals surface area contributed by atoms with Crippen LogP contribution in [0.1, 0.15) is 6.92 Å². The molecule has 0 bridgehead atoms. The van der Waals surface area contributed by atoms with Gasteiger partial charge in [0, 0.05) is 5.39 Å². The van der Waals surface area contributed by atoms with Gasteiger partial charge in [-0.25, -0.2) is 4.79 Å². The maximum absolute atomic E-state index is 11.9. The van der Waals surface area contributed by atoms with Crippen molar-refractivity contribution in [3.8, 4) is 0 Å². The topological polar surface area (TPSA) is 50.4 Å². The Balaban J connectivity index is 1.86. The molecule has 0 unspecified atom stereocenters. The van der Waals surface area contributed by atoms with Crippen molar-refractivity contribution in [1.29, 1.82) is 0 Å². The molecule has 0 saturated heterocycles. The minimum atomic E-state index is -0.263. The highest BCUT2D eigenvalue weighted by Gasteiger charge is 2.05. The first kappa shape index (κ1) is 15.6. The third-order valence-corrected chi connectivity index (χ3v) is 3.18. The third-order valence-electron chi connectivity index (χ3n) is 3.18. The van der Waals surface area contributed by atoms with Crippen molar-refractivity contribution in [1.82, 2.24) is 5.32 Å². The van der Waals surface area contributed by atoms with E-state index in [1.165, 1.54) is 0 Å². The summed E-state index contributed by atoms with van der Waals surface area (Å²) in [5, 5.41) is 7.69. The fourth-order valence-electron chi connectivity index (χ4n) is 1.96. The van der Waals surface area contributed by atoms with Gasteiger partial charge in [0.25, 0.3) is 0 Å². The lowest BCUT2D eigenvalue weighted by molar-refractivity contribution is 0.217. The number of carbonyl (C=O) groups excluding carboxylic acids is 1. The van der Waals surface area contributed by atoms with E-state index in [9.17, 15) is 4.79 Å². The molecular weight excluding hydrogens is 276 g/mol. The minimum absolute atomic E-state index is 0.263. The summed E-state index contributed by atoms with van der Waals surface area (Å²) in [5.74, 6) is 0.538. The van der Waals surface area contributed by atoms with Gasteiger partial charge >= 0.3 is 6.03 Å². The van der Waals surface area contributed by atoms with Gasteiger partial charge < -0.3 is 15.4 Å². The average molecular weight is 296 g/mol. The van der Waals surface area contributed by atoms with Gasteiger partial charge in [0.15, 0.2) is 0 Å². The molecule has 22 heavy (non-hydrogen) atoms. The van der Waals surface area contributed by atoms with E-state index in [1.54, 1.807) is 0 Å². The molecule has 4 nitrogen and oxygen atoms in total. The molecule has 2 amide bonds. The monoisotopic (exact) mass is 296 g/mol. The number of carbonyl (C=O) groups is 1. The normalized spacial score (nSPS) is 10.0. The molecule has 2 aromatic rings. The van der Waals surface area contributed by atoms with E-state index >= 15 is 0 Å². The van der Waals surface area contributed by atoms with Crippen molar-refractivity contribution in [2.75, 3.05) is 18.5 Å². The zero-order valence-corrected chi connectivity index (χ0v) is 12.7. The predicted octanol–water partition coefficient (Wildman–Crippen LogP) is 4.07. The number of urea groups is 1. The first-order valence-electron chi connectivity index (χ1n) is 7.08. The molecule has 2 aromatic carbocycles. The van der Waals surface area contributed by atoms with Crippen LogP contribution in [0.3, 0.4) is 0 Å². The second-order valence-electron chi connectivity index (χ2n) is 4.96. The Bertz CT molecular complexity index is 702. The van der Waals surface area contributed by atoms with Crippen LogP contribution in [0.25, 0.3) is 10.8 Å². The Labute approximate surface area is 130 Å². The molecule has 0 aromatic heterocycles. The summed E-state index contributed by atoms with van der Waals surface area (Å²) in [5.41, 5.74) is 1.56. The van der Waals surface area contributed by atoms with Crippen LogP contribution in [0.2, 0.25) is 0 Å². The standard InChI is InChI=1S/C18H20N2O2/c1-13(2)14(3)22-12-11-19-18(21)20-17-10-6-8-15-7-4-5-9-16(15)17/h4-10H,1,3,11-12H2,2H3,(H2,19,20,21). The summed E-state index contributed by atoms with van der Waals surface area (Å²) in [6, 6.07) is 13.4. The molecule has 2 N–H and O–H groups in total. The van der Waals surface area contributed by atoms with Gasteiger partial charge in [-0.15, -0.1) is 0 Å². The van der Waals surface area contributed by atoms with E-state index in [4.69, 9.17) is 4.74 Å². The lowest BCUT2D eigenvalue weighted by atomic mass is 10.1. The lowest BCUT2D eigenvalue weighted by Crippen LogP contribution is -2.31. The van der Waals surface area contributed by atoms with Gasteiger partial charge in [-0.2, -0.15) is 0 Å². The van der Waals surface area contributed by atoms with Gasteiger partial charge in [0.2, 0.25) is 0 Å². The van der Waals surface area contributed by atoms with E-state index in [1.807, 2.05) is 49.4 Å². The average Bonchev–Trinajstić information content (AvgIpc) is 2.51. The molecule has 0 aliphatic carbocycles. The number of benzene rings is 2. The van der Waals surface area contributed by atoms with Crippen molar-refractivity contribution in [3.05, 3.63) is 67.0 Å². The number of hydrogen-bond acceptors (Lipinski definition) is 2. The molecule has 0 fully saturated rings. The summed E-state index contributed by atoms with van der Waals surface area (Å²) >= 11 is 0. The highest BCUT2D eigenvalue weighted by atomic mass is 16.5. The molecule has 0 heterocycles. The highest BCUT2D eigenvalue weighted by molar-refractivity contribution is 6.01. The van der Waals surface area contributed by atoms with Gasteiger partial charge in [0.1, 0.15) is 12.4 Å². The summed E-state index contributed by atoms with van der Waals surface area (Å²) in [6.45, 7) is 10.0. The first-order chi connectivity index (χ1) is 10.6. The SMILES string of the molecule is C=C(C)C(=C)OCCNC(=O)Nc1cccc2ccccc12. The molecule has 114 valence electrons. The van der Waals surface area contributed by atoms with E-state index in [-0.39, 0.29) is 6.03 Å². The quantitative estimate of drug-likeness (QED) is 0.479. The number of hydrogen-bond donors (Lipinski definition) is 2. The molecule has 0 aliphatic rings. The van der Waals surface area contributed by atoms with Crippen molar-refractivity contribution in [2.24, 2.45) is 0 Å². The Morgan fingerprint density at radius 2 is 1.86 bits per heavy atom. The molecular formula is C18H20N2O2. The van der Waals surface area contributed by atoms with E-state index in [0.29, 0.717) is 18.9 Å². The first-order valence-corrected chi connectivity index (χ1v) is 7.08. The molecule has 0 saturated carbocycles. The van der Waals surface area contributed by atoms with Crippen LogP contribution in [0.4, 0.5) is 10.5 Å². The number of allylic oxidation sites excluding steroid dienone is 1. The van der Waals surface area contributed by atoms with Crippen molar-refractivity contribution < 1.29 is 9.53 Å². The maximum Gasteiger partial charge on any atom is 0.319 e. The lowest BCUT2D eigenvalue weighted by Gasteiger charge is -2.11. The predicted molar refractivity (Wildman–Crippen MR) is 90.9 cm³/mol. The zero-order chi connectivity index (χ0) is 15.9. The van der Waals surface area contributed by atoms with Crippen LogP contribution < -0.4 is 10.6 Å². The van der Waals surface area contributed by atoms with Crippen molar-refractivity contribution in [2.45, 2.75) is 6.92 Å². The number of nitrogens with one attached hydrogen (secondary N) is 2. The summed E-state index contributed by atoms with van der Waals surface area (Å²) in [4.78, 5) is 11.9. The second kappa shape index (κ2) is 7.31. The van der Waals surface area contributed by atoms with Crippen LogP contribution in [0.5, 0.6) is 0 Å². The Kier molecular flexibility index (Phi) is 5.20. The van der Waals surface area contributed by atoms with E-state index < -0.39 is 0 Å². The molecule has 0 radical (unpaired) electrons. The Hall–Kier alpha value is -2.75. The van der Waals surface area contributed by atoms with Crippen LogP contribution in [-0.2, 0) is 4.74 Å². The van der Waals surface area contributed by atoms with Gasteiger partial charge in [-0.3, -0.25) is 0 Å². The van der Waals surface area contributed by atoms with Crippen LogP contribution in [-0.4, -0.2) is 19.2 Å². The number of ether oxygens (including phenoxy) is 1. The summed E-state index contributed by atoms with van der Waals surface area (Å²) in [6.07, 6.45) is 0. The van der Waals surface area contributed by atoms with Crippen molar-refractivity contribution >= 4 is 22.5 Å². The maximum atomic E-state index is 11.9.